The zero-order chi connectivity index (χ0) is 19.2. The molecule has 1 amide bonds. The summed E-state index contributed by atoms with van der Waals surface area (Å²) in [5, 5.41) is 1.05. The van der Waals surface area contributed by atoms with E-state index in [1.807, 2.05) is 60.4 Å². The molecule has 0 radical (unpaired) electrons. The highest BCUT2D eigenvalue weighted by Crippen LogP contribution is 2.28. The van der Waals surface area contributed by atoms with E-state index in [2.05, 4.69) is 4.98 Å². The summed E-state index contributed by atoms with van der Waals surface area (Å²) in [6.45, 7) is 3.14. The van der Waals surface area contributed by atoms with Crippen LogP contribution in [0.3, 0.4) is 0 Å². The molecule has 0 aliphatic heterocycles. The predicted octanol–water partition coefficient (Wildman–Crippen LogP) is 3.84. The van der Waals surface area contributed by atoms with Gasteiger partial charge in [-0.1, -0.05) is 30.3 Å². The van der Waals surface area contributed by atoms with Crippen LogP contribution < -0.4 is 9.47 Å². The number of amides is 1. The van der Waals surface area contributed by atoms with E-state index in [4.69, 9.17) is 9.47 Å². The number of carbonyl (C=O) groups excluding carboxylic acids is 1. The van der Waals surface area contributed by atoms with Gasteiger partial charge in [0.05, 0.1) is 26.2 Å². The zero-order valence-corrected chi connectivity index (χ0v) is 15.9. The number of aromatic nitrogens is 1. The van der Waals surface area contributed by atoms with Crippen molar-refractivity contribution in [3.05, 3.63) is 65.9 Å². The molecule has 3 rings (SSSR count). The average Bonchev–Trinajstić information content (AvgIpc) is 2.72. The average molecular weight is 364 g/mol. The van der Waals surface area contributed by atoms with Gasteiger partial charge >= 0.3 is 0 Å². The summed E-state index contributed by atoms with van der Waals surface area (Å²) in [4.78, 5) is 19.2. The van der Waals surface area contributed by atoms with E-state index in [9.17, 15) is 4.79 Å². The van der Waals surface area contributed by atoms with Crippen LogP contribution >= 0.6 is 0 Å². The fraction of sp³-hybridized carbons (Fsp3) is 0.273. The molecule has 5 heteroatoms. The minimum absolute atomic E-state index is 0.0745. The summed E-state index contributed by atoms with van der Waals surface area (Å²) in [6.07, 6.45) is 2.09. The molecule has 1 aromatic heterocycles. The van der Waals surface area contributed by atoms with Crippen molar-refractivity contribution in [1.29, 1.82) is 0 Å². The van der Waals surface area contributed by atoms with E-state index in [0.717, 1.165) is 22.0 Å². The third-order valence-corrected chi connectivity index (χ3v) is 4.61. The fourth-order valence-electron chi connectivity index (χ4n) is 3.16. The normalized spacial score (nSPS) is 10.6. The molecule has 0 unspecified atom stereocenters. The first-order chi connectivity index (χ1) is 13.2. The Morgan fingerprint density at radius 2 is 1.81 bits per heavy atom. The zero-order valence-electron chi connectivity index (χ0n) is 15.9. The highest BCUT2D eigenvalue weighted by molar-refractivity contribution is 5.87. The fourth-order valence-corrected chi connectivity index (χ4v) is 3.16. The molecule has 0 aliphatic rings. The molecule has 27 heavy (non-hydrogen) atoms. The molecule has 140 valence electrons. The Morgan fingerprint density at radius 1 is 1.04 bits per heavy atom. The second kappa shape index (κ2) is 8.54. The molecular weight excluding hydrogens is 340 g/mol. The Hall–Kier alpha value is -3.08. The number of para-hydroxylation sites is 1. The lowest BCUT2D eigenvalue weighted by molar-refractivity contribution is -0.130. The number of methoxy groups -OCH3 is 2. The van der Waals surface area contributed by atoms with Crippen LogP contribution in [0.4, 0.5) is 0 Å². The number of fused-ring (bicyclic) bond motifs is 1. The third-order valence-electron chi connectivity index (χ3n) is 4.61. The quantitative estimate of drug-likeness (QED) is 0.639. The molecule has 0 N–H and O–H groups in total. The number of ether oxygens (including phenoxy) is 2. The second-order valence-corrected chi connectivity index (χ2v) is 6.27. The minimum atomic E-state index is 0.0745. The number of hydrogen-bond donors (Lipinski definition) is 0. The third kappa shape index (κ3) is 4.19. The first kappa shape index (κ1) is 18.7. The lowest BCUT2D eigenvalue weighted by atomic mass is 10.1. The maximum absolute atomic E-state index is 12.9. The van der Waals surface area contributed by atoms with Gasteiger partial charge in [-0.15, -0.1) is 0 Å². The van der Waals surface area contributed by atoms with Crippen LogP contribution in [-0.2, 0) is 17.8 Å². The van der Waals surface area contributed by atoms with Gasteiger partial charge < -0.3 is 14.4 Å². The van der Waals surface area contributed by atoms with Gasteiger partial charge in [0.15, 0.2) is 11.5 Å². The molecule has 1 heterocycles. The van der Waals surface area contributed by atoms with Crippen molar-refractivity contribution in [1.82, 2.24) is 9.88 Å². The molecule has 3 aromatic rings. The number of benzene rings is 2. The highest BCUT2D eigenvalue weighted by Gasteiger charge is 2.16. The van der Waals surface area contributed by atoms with E-state index >= 15 is 0 Å². The molecule has 0 spiro atoms. The number of pyridine rings is 1. The molecule has 0 bridgehead atoms. The molecule has 0 saturated heterocycles. The molecule has 0 aliphatic carbocycles. The van der Waals surface area contributed by atoms with E-state index in [1.165, 1.54) is 0 Å². The molecule has 5 nitrogen and oxygen atoms in total. The van der Waals surface area contributed by atoms with E-state index in [1.54, 1.807) is 20.4 Å². The van der Waals surface area contributed by atoms with Gasteiger partial charge in [-0.25, -0.2) is 0 Å². The lowest BCUT2D eigenvalue weighted by Gasteiger charge is -2.22. The van der Waals surface area contributed by atoms with Gasteiger partial charge in [0.25, 0.3) is 0 Å². The van der Waals surface area contributed by atoms with Crippen LogP contribution in [0.5, 0.6) is 11.5 Å². The molecule has 0 saturated carbocycles. The predicted molar refractivity (Wildman–Crippen MR) is 106 cm³/mol. The summed E-state index contributed by atoms with van der Waals surface area (Å²) in [5.74, 6) is 1.42. The molecule has 0 fully saturated rings. The Labute approximate surface area is 159 Å². The van der Waals surface area contributed by atoms with Gasteiger partial charge in [-0.05, 0) is 36.2 Å². The van der Waals surface area contributed by atoms with Crippen LogP contribution in [-0.4, -0.2) is 36.6 Å². The van der Waals surface area contributed by atoms with Gasteiger partial charge in [-0.2, -0.15) is 0 Å². The number of hydrogen-bond acceptors (Lipinski definition) is 4. The van der Waals surface area contributed by atoms with Gasteiger partial charge in [0.1, 0.15) is 0 Å². The van der Waals surface area contributed by atoms with Crippen molar-refractivity contribution < 1.29 is 14.3 Å². The topological polar surface area (TPSA) is 51.7 Å². The number of carbonyl (C=O) groups is 1. The van der Waals surface area contributed by atoms with Crippen molar-refractivity contribution in [2.45, 2.75) is 19.9 Å². The Balaban J connectivity index is 1.78. The van der Waals surface area contributed by atoms with Crippen molar-refractivity contribution in [3.8, 4) is 11.5 Å². The van der Waals surface area contributed by atoms with Crippen molar-refractivity contribution in [2.75, 3.05) is 20.8 Å². The minimum Gasteiger partial charge on any atom is -0.493 e. The van der Waals surface area contributed by atoms with E-state index < -0.39 is 0 Å². The van der Waals surface area contributed by atoms with Crippen molar-refractivity contribution in [2.24, 2.45) is 0 Å². The van der Waals surface area contributed by atoms with Gasteiger partial charge in [-0.3, -0.25) is 9.78 Å². The standard InChI is InChI=1S/C22H24N2O3/c1-4-24(15-16-10-11-19(26-2)20(13-16)27-3)21(25)14-18-8-5-7-17-9-6-12-23-22(17)18/h5-13H,4,14-15H2,1-3H3. The largest absolute Gasteiger partial charge is 0.493 e. The Morgan fingerprint density at radius 3 is 2.56 bits per heavy atom. The summed E-state index contributed by atoms with van der Waals surface area (Å²) in [7, 11) is 3.22. The number of nitrogens with zero attached hydrogens (tertiary/aromatic N) is 2. The second-order valence-electron chi connectivity index (χ2n) is 6.27. The van der Waals surface area contributed by atoms with Crippen LogP contribution in [0.15, 0.2) is 54.7 Å². The Bertz CT molecular complexity index is 934. The Kier molecular flexibility index (Phi) is 5.91. The van der Waals surface area contributed by atoms with Crippen LogP contribution in [0, 0.1) is 0 Å². The number of likely N-dealkylation sites (N-methyl/N-ethyl adjacent to an activating group) is 1. The van der Waals surface area contributed by atoms with Crippen LogP contribution in [0.25, 0.3) is 10.9 Å². The highest BCUT2D eigenvalue weighted by atomic mass is 16.5. The van der Waals surface area contributed by atoms with E-state index in [0.29, 0.717) is 31.0 Å². The lowest BCUT2D eigenvalue weighted by Crippen LogP contribution is -2.31. The van der Waals surface area contributed by atoms with Crippen LogP contribution in [0.1, 0.15) is 18.1 Å². The molecular formula is C22H24N2O3. The van der Waals surface area contributed by atoms with E-state index in [-0.39, 0.29) is 5.91 Å². The van der Waals surface area contributed by atoms with Gasteiger partial charge in [0.2, 0.25) is 5.91 Å². The molecule has 2 aromatic carbocycles. The first-order valence-electron chi connectivity index (χ1n) is 8.97. The van der Waals surface area contributed by atoms with Crippen molar-refractivity contribution >= 4 is 16.8 Å². The number of rotatable bonds is 7. The summed E-state index contributed by atoms with van der Waals surface area (Å²) in [6, 6.07) is 15.6. The first-order valence-corrected chi connectivity index (χ1v) is 8.97. The maximum Gasteiger partial charge on any atom is 0.227 e. The van der Waals surface area contributed by atoms with Crippen molar-refractivity contribution in [3.63, 3.8) is 0 Å². The summed E-state index contributed by atoms with van der Waals surface area (Å²) >= 11 is 0. The smallest absolute Gasteiger partial charge is 0.227 e. The summed E-state index contributed by atoms with van der Waals surface area (Å²) in [5.41, 5.74) is 2.83. The van der Waals surface area contributed by atoms with Crippen LogP contribution in [0.2, 0.25) is 0 Å². The molecule has 0 atom stereocenters. The monoisotopic (exact) mass is 364 g/mol. The SMILES string of the molecule is CCN(Cc1ccc(OC)c(OC)c1)C(=O)Cc1cccc2cccnc12. The summed E-state index contributed by atoms with van der Waals surface area (Å²) < 4.78 is 10.6. The van der Waals surface area contributed by atoms with Gasteiger partial charge in [0, 0.05) is 24.7 Å². The maximum atomic E-state index is 12.9.